The summed E-state index contributed by atoms with van der Waals surface area (Å²) < 4.78 is 44.7. The number of pyridine rings is 1. The highest BCUT2D eigenvalue weighted by atomic mass is 32.2. The number of nitrogens with zero attached hydrogens (tertiary/aromatic N) is 1. The number of sulfonamides is 1. The number of ether oxygens (including phenoxy) is 3. The molecule has 2 heterocycles. The highest BCUT2D eigenvalue weighted by molar-refractivity contribution is 7.89. The third kappa shape index (κ3) is 5.11. The van der Waals surface area contributed by atoms with E-state index in [-0.39, 0.29) is 23.5 Å². The van der Waals surface area contributed by atoms with Gasteiger partial charge < -0.3 is 19.2 Å². The van der Waals surface area contributed by atoms with Crippen LogP contribution in [0.2, 0.25) is 0 Å². The Hall–Kier alpha value is -2.72. The third-order valence-corrected chi connectivity index (χ3v) is 7.55. The van der Waals surface area contributed by atoms with E-state index >= 15 is 0 Å². The van der Waals surface area contributed by atoms with Gasteiger partial charge in [-0.1, -0.05) is 6.07 Å². The van der Waals surface area contributed by atoms with Crippen molar-refractivity contribution < 1.29 is 22.6 Å². The maximum absolute atomic E-state index is 13.6. The summed E-state index contributed by atoms with van der Waals surface area (Å²) in [5.74, 6) is 0.557. The molecule has 176 valence electrons. The average molecular weight is 473 g/mol. The normalized spacial score (nSPS) is 16.9. The quantitative estimate of drug-likeness (QED) is 0.568. The molecule has 4 rings (SSSR count). The van der Waals surface area contributed by atoms with Gasteiger partial charge in [0.15, 0.2) is 0 Å². The first-order chi connectivity index (χ1) is 15.8. The summed E-state index contributed by atoms with van der Waals surface area (Å²) in [6, 6.07) is 11.9. The first kappa shape index (κ1) is 23.4. The molecule has 1 fully saturated rings. The first-order valence-electron chi connectivity index (χ1n) is 10.7. The van der Waals surface area contributed by atoms with Gasteiger partial charge in [0.05, 0.1) is 37.9 Å². The number of rotatable bonds is 7. The fourth-order valence-electron chi connectivity index (χ4n) is 4.04. The van der Waals surface area contributed by atoms with E-state index in [0.29, 0.717) is 31.1 Å². The van der Waals surface area contributed by atoms with Crippen LogP contribution in [-0.4, -0.2) is 57.3 Å². The zero-order chi connectivity index (χ0) is 23.6. The third-order valence-electron chi connectivity index (χ3n) is 5.73. The van der Waals surface area contributed by atoms with Crippen molar-refractivity contribution in [3.05, 3.63) is 69.5 Å². The van der Waals surface area contributed by atoms with Gasteiger partial charge in [0.2, 0.25) is 10.0 Å². The van der Waals surface area contributed by atoms with Crippen molar-refractivity contribution in [2.24, 2.45) is 0 Å². The molecule has 8 nitrogen and oxygen atoms in total. The Morgan fingerprint density at radius 3 is 2.55 bits per heavy atom. The van der Waals surface area contributed by atoms with E-state index < -0.39 is 16.1 Å². The van der Waals surface area contributed by atoms with Gasteiger partial charge in [0.25, 0.3) is 5.56 Å². The average Bonchev–Trinajstić information content (AvgIpc) is 2.80. The molecule has 0 spiro atoms. The fourth-order valence-corrected chi connectivity index (χ4v) is 5.49. The molecule has 1 saturated heterocycles. The van der Waals surface area contributed by atoms with Gasteiger partial charge in [0, 0.05) is 29.6 Å². The molecule has 33 heavy (non-hydrogen) atoms. The second kappa shape index (κ2) is 9.64. The number of aromatic amines is 1. The van der Waals surface area contributed by atoms with Crippen LogP contribution in [0, 0.1) is 13.8 Å². The summed E-state index contributed by atoms with van der Waals surface area (Å²) in [6.07, 6.45) is -0.421. The predicted molar refractivity (Wildman–Crippen MR) is 125 cm³/mol. The Kier molecular flexibility index (Phi) is 6.85. The van der Waals surface area contributed by atoms with Crippen LogP contribution >= 0.6 is 0 Å². The van der Waals surface area contributed by atoms with Gasteiger partial charge in [-0.3, -0.25) is 4.79 Å². The maximum Gasteiger partial charge on any atom is 0.252 e. The number of hydrogen-bond donors (Lipinski definition) is 1. The summed E-state index contributed by atoms with van der Waals surface area (Å²) in [5, 5.41) is 0.884. The fraction of sp³-hybridized carbons (Fsp3) is 0.375. The molecule has 3 aromatic rings. The molecule has 0 radical (unpaired) electrons. The lowest BCUT2D eigenvalue weighted by molar-refractivity contribution is -0.0923. The zero-order valence-electron chi connectivity index (χ0n) is 19.0. The zero-order valence-corrected chi connectivity index (χ0v) is 19.8. The molecule has 0 aliphatic carbocycles. The molecule has 2 aromatic carbocycles. The Morgan fingerprint density at radius 1 is 1.12 bits per heavy atom. The lowest BCUT2D eigenvalue weighted by Crippen LogP contribution is -2.43. The van der Waals surface area contributed by atoms with Crippen molar-refractivity contribution in [3.63, 3.8) is 0 Å². The lowest BCUT2D eigenvalue weighted by Gasteiger charge is -2.29. The molecular weight excluding hydrogens is 444 g/mol. The van der Waals surface area contributed by atoms with E-state index in [1.807, 2.05) is 26.0 Å². The molecule has 0 unspecified atom stereocenters. The highest BCUT2D eigenvalue weighted by Gasteiger charge is 2.30. The SMILES string of the molecule is COc1ccc(S(=O)(=O)N(Cc2cc3c(C)cc(C)cc3[nH]c2=O)C[C@@H]2COCCO2)cc1. The molecular formula is C24H28N2O6S. The van der Waals surface area contributed by atoms with E-state index in [1.165, 1.54) is 23.5 Å². The Bertz CT molecular complexity index is 1300. The van der Waals surface area contributed by atoms with Crippen LogP contribution in [-0.2, 0) is 26.0 Å². The van der Waals surface area contributed by atoms with Crippen molar-refractivity contribution in [1.82, 2.24) is 9.29 Å². The summed E-state index contributed by atoms with van der Waals surface area (Å²) >= 11 is 0. The number of H-pyrrole nitrogens is 1. The number of methoxy groups -OCH3 is 1. The minimum absolute atomic E-state index is 0.0682. The number of aryl methyl sites for hydroxylation is 2. The molecule has 1 aromatic heterocycles. The second-order valence-corrected chi connectivity index (χ2v) is 10.1. The van der Waals surface area contributed by atoms with Crippen LogP contribution in [0.5, 0.6) is 5.75 Å². The number of aromatic nitrogens is 1. The van der Waals surface area contributed by atoms with Crippen LogP contribution in [0.25, 0.3) is 10.9 Å². The topological polar surface area (TPSA) is 97.9 Å². The van der Waals surface area contributed by atoms with E-state index in [0.717, 1.165) is 22.0 Å². The summed E-state index contributed by atoms with van der Waals surface area (Å²) in [7, 11) is -2.40. The minimum Gasteiger partial charge on any atom is -0.497 e. The Balaban J connectivity index is 1.73. The van der Waals surface area contributed by atoms with E-state index in [1.54, 1.807) is 18.2 Å². The number of nitrogens with one attached hydrogen (secondary N) is 1. The van der Waals surface area contributed by atoms with Gasteiger partial charge in [-0.05, 0) is 61.4 Å². The Labute approximate surface area is 193 Å². The van der Waals surface area contributed by atoms with E-state index in [9.17, 15) is 13.2 Å². The predicted octanol–water partition coefficient (Wildman–Crippen LogP) is 2.76. The molecule has 1 atom stereocenters. The molecule has 1 N–H and O–H groups in total. The standard InChI is InChI=1S/C24H28N2O6S/c1-16-10-17(2)22-12-18(24(27)25-23(22)11-16)13-26(14-20-15-31-8-9-32-20)33(28,29)21-6-4-19(30-3)5-7-21/h4-7,10-12,20H,8-9,13-15H2,1-3H3,(H,25,27)/t20-/m1/s1. The summed E-state index contributed by atoms with van der Waals surface area (Å²) in [4.78, 5) is 15.9. The van der Waals surface area contributed by atoms with Crippen LogP contribution in [0.1, 0.15) is 16.7 Å². The van der Waals surface area contributed by atoms with Gasteiger partial charge in [-0.25, -0.2) is 8.42 Å². The smallest absolute Gasteiger partial charge is 0.252 e. The number of benzene rings is 2. The number of fused-ring (bicyclic) bond motifs is 1. The van der Waals surface area contributed by atoms with Crippen molar-refractivity contribution in [2.75, 3.05) is 33.5 Å². The second-order valence-electron chi connectivity index (χ2n) is 8.21. The Morgan fingerprint density at radius 2 is 1.88 bits per heavy atom. The molecule has 9 heteroatoms. The van der Waals surface area contributed by atoms with E-state index in [4.69, 9.17) is 14.2 Å². The van der Waals surface area contributed by atoms with Crippen molar-refractivity contribution in [1.29, 1.82) is 0 Å². The van der Waals surface area contributed by atoms with Crippen LogP contribution < -0.4 is 10.3 Å². The monoisotopic (exact) mass is 472 g/mol. The maximum atomic E-state index is 13.6. The summed E-state index contributed by atoms with van der Waals surface area (Å²) in [5.41, 5.74) is 2.83. The van der Waals surface area contributed by atoms with E-state index in [2.05, 4.69) is 4.98 Å². The van der Waals surface area contributed by atoms with Gasteiger partial charge in [-0.2, -0.15) is 4.31 Å². The van der Waals surface area contributed by atoms with Crippen molar-refractivity contribution >= 4 is 20.9 Å². The largest absolute Gasteiger partial charge is 0.497 e. The van der Waals surface area contributed by atoms with Gasteiger partial charge in [0.1, 0.15) is 5.75 Å². The first-order valence-corrected chi connectivity index (χ1v) is 12.2. The van der Waals surface area contributed by atoms with Gasteiger partial charge in [-0.15, -0.1) is 0 Å². The number of hydrogen-bond acceptors (Lipinski definition) is 6. The van der Waals surface area contributed by atoms with Crippen molar-refractivity contribution in [2.45, 2.75) is 31.4 Å². The molecule has 1 aliphatic heterocycles. The van der Waals surface area contributed by atoms with Crippen molar-refractivity contribution in [3.8, 4) is 5.75 Å². The molecule has 0 amide bonds. The highest BCUT2D eigenvalue weighted by Crippen LogP contribution is 2.24. The molecule has 0 saturated carbocycles. The van der Waals surface area contributed by atoms with Gasteiger partial charge >= 0.3 is 0 Å². The lowest BCUT2D eigenvalue weighted by atomic mass is 10.0. The minimum atomic E-state index is -3.92. The summed E-state index contributed by atoms with van der Waals surface area (Å²) in [6.45, 7) is 5.08. The van der Waals surface area contributed by atoms with Crippen LogP contribution in [0.15, 0.2) is 52.2 Å². The molecule has 0 bridgehead atoms. The van der Waals surface area contributed by atoms with Crippen LogP contribution in [0.3, 0.4) is 0 Å². The van der Waals surface area contributed by atoms with Crippen LogP contribution in [0.4, 0.5) is 0 Å². The molecule has 1 aliphatic rings.